The van der Waals surface area contributed by atoms with Crippen LogP contribution in [0.4, 0.5) is 5.82 Å². The smallest absolute Gasteiger partial charge is 0.326 e. The Bertz CT molecular complexity index is 1420. The van der Waals surface area contributed by atoms with Gasteiger partial charge in [-0.15, -0.1) is 11.3 Å². The second-order valence-electron chi connectivity index (χ2n) is 7.69. The lowest BCUT2D eigenvalue weighted by molar-refractivity contribution is -0.137. The van der Waals surface area contributed by atoms with Crippen molar-refractivity contribution in [2.75, 3.05) is 5.32 Å². The lowest BCUT2D eigenvalue weighted by atomic mass is 9.96. The zero-order valence-electron chi connectivity index (χ0n) is 17.4. The number of hydrogen-bond acceptors (Lipinski definition) is 5. The Morgan fingerprint density at radius 2 is 1.75 bits per heavy atom. The summed E-state index contributed by atoms with van der Waals surface area (Å²) in [6.07, 6.45) is 1.85. The number of nitrogens with zero attached hydrogens (tertiary/aromatic N) is 2. The normalized spacial score (nSPS) is 12.2. The average Bonchev–Trinajstić information content (AvgIpc) is 3.15. The summed E-state index contributed by atoms with van der Waals surface area (Å²) >= 11 is 1.60. The number of carboxylic acids is 1. The topological polar surface area (TPSA) is 75.1 Å². The van der Waals surface area contributed by atoms with Crippen LogP contribution in [0.3, 0.4) is 0 Å². The van der Waals surface area contributed by atoms with Crippen molar-refractivity contribution in [3.8, 4) is 11.1 Å². The molecular formula is C26H21N3O2S. The highest BCUT2D eigenvalue weighted by atomic mass is 32.1. The van der Waals surface area contributed by atoms with Gasteiger partial charge in [-0.1, -0.05) is 72.8 Å². The maximum Gasteiger partial charge on any atom is 0.326 e. The molecule has 2 heterocycles. The van der Waals surface area contributed by atoms with Crippen molar-refractivity contribution in [1.82, 2.24) is 9.97 Å². The number of aromatic nitrogens is 2. The van der Waals surface area contributed by atoms with Gasteiger partial charge in [0, 0.05) is 16.9 Å². The molecule has 32 heavy (non-hydrogen) atoms. The minimum atomic E-state index is -0.917. The molecule has 0 aliphatic rings. The first-order chi connectivity index (χ1) is 15.6. The molecule has 1 atom stereocenters. The lowest BCUT2D eigenvalue weighted by Crippen LogP contribution is -2.32. The molecule has 3 aromatic carbocycles. The Hall–Kier alpha value is -3.77. The molecule has 0 spiro atoms. The molecule has 2 aromatic heterocycles. The maximum absolute atomic E-state index is 12.1. The van der Waals surface area contributed by atoms with Gasteiger partial charge in [0.2, 0.25) is 0 Å². The predicted molar refractivity (Wildman–Crippen MR) is 130 cm³/mol. The molecular weight excluding hydrogens is 418 g/mol. The van der Waals surface area contributed by atoms with Crippen LogP contribution in [0, 0.1) is 6.92 Å². The summed E-state index contributed by atoms with van der Waals surface area (Å²) in [5.41, 5.74) is 3.10. The molecule has 0 unspecified atom stereocenters. The fourth-order valence-electron chi connectivity index (χ4n) is 4.14. The summed E-state index contributed by atoms with van der Waals surface area (Å²) in [7, 11) is 0. The van der Waals surface area contributed by atoms with E-state index < -0.39 is 12.0 Å². The van der Waals surface area contributed by atoms with Gasteiger partial charge in [0.1, 0.15) is 23.0 Å². The molecule has 158 valence electrons. The fraction of sp³-hybridized carbons (Fsp3) is 0.115. The van der Waals surface area contributed by atoms with Gasteiger partial charge >= 0.3 is 5.97 Å². The fourth-order valence-corrected chi connectivity index (χ4v) is 5.14. The molecule has 0 saturated heterocycles. The van der Waals surface area contributed by atoms with Crippen LogP contribution >= 0.6 is 11.3 Å². The Morgan fingerprint density at radius 3 is 2.56 bits per heavy atom. The van der Waals surface area contributed by atoms with Crippen molar-refractivity contribution in [3.05, 3.63) is 89.6 Å². The van der Waals surface area contributed by atoms with Gasteiger partial charge in [-0.2, -0.15) is 0 Å². The number of rotatable bonds is 6. The molecule has 0 fully saturated rings. The minimum absolute atomic E-state index is 0.356. The zero-order valence-corrected chi connectivity index (χ0v) is 18.3. The van der Waals surface area contributed by atoms with Crippen LogP contribution in [0.5, 0.6) is 0 Å². The lowest BCUT2D eigenvalue weighted by Gasteiger charge is -2.17. The molecule has 6 heteroatoms. The van der Waals surface area contributed by atoms with E-state index >= 15 is 0 Å². The summed E-state index contributed by atoms with van der Waals surface area (Å²) in [6, 6.07) is 23.3. The number of fused-ring (bicyclic) bond motifs is 2. The number of benzene rings is 3. The minimum Gasteiger partial charge on any atom is -0.480 e. The molecule has 5 aromatic rings. The van der Waals surface area contributed by atoms with Crippen LogP contribution in [0.25, 0.3) is 32.1 Å². The van der Waals surface area contributed by atoms with Gasteiger partial charge in [0.05, 0.1) is 5.39 Å². The largest absolute Gasteiger partial charge is 0.480 e. The van der Waals surface area contributed by atoms with E-state index in [-0.39, 0.29) is 0 Å². The van der Waals surface area contributed by atoms with Gasteiger partial charge in [-0.25, -0.2) is 14.8 Å². The number of thiophene rings is 1. The van der Waals surface area contributed by atoms with Gasteiger partial charge in [0.15, 0.2) is 0 Å². The van der Waals surface area contributed by atoms with E-state index in [0.29, 0.717) is 12.2 Å². The first-order valence-corrected chi connectivity index (χ1v) is 11.2. The van der Waals surface area contributed by atoms with Crippen LogP contribution in [-0.4, -0.2) is 27.1 Å². The SMILES string of the molecule is Cc1sc2ncnc(N[C@H](Cc3ccccc3)C(=O)O)c2c1-c1cccc2ccccc12. The summed E-state index contributed by atoms with van der Waals surface area (Å²) in [5, 5.41) is 16.3. The monoisotopic (exact) mass is 439 g/mol. The van der Waals surface area contributed by atoms with Crippen LogP contribution in [0.2, 0.25) is 0 Å². The van der Waals surface area contributed by atoms with Crippen LogP contribution in [0.15, 0.2) is 79.1 Å². The van der Waals surface area contributed by atoms with Crippen LogP contribution in [0.1, 0.15) is 10.4 Å². The van der Waals surface area contributed by atoms with Gasteiger partial charge in [0.25, 0.3) is 0 Å². The summed E-state index contributed by atoms with van der Waals surface area (Å²) in [5.74, 6) is -0.370. The highest BCUT2D eigenvalue weighted by Gasteiger charge is 2.23. The van der Waals surface area contributed by atoms with Crippen molar-refractivity contribution in [3.63, 3.8) is 0 Å². The molecule has 0 aliphatic carbocycles. The van der Waals surface area contributed by atoms with Crippen molar-refractivity contribution in [2.24, 2.45) is 0 Å². The highest BCUT2D eigenvalue weighted by molar-refractivity contribution is 7.19. The van der Waals surface area contributed by atoms with E-state index in [2.05, 4.69) is 46.5 Å². The number of nitrogens with one attached hydrogen (secondary N) is 1. The van der Waals surface area contributed by atoms with Crippen molar-refractivity contribution in [2.45, 2.75) is 19.4 Å². The molecule has 5 nitrogen and oxygen atoms in total. The molecule has 2 N–H and O–H groups in total. The van der Waals surface area contributed by atoms with Crippen molar-refractivity contribution >= 4 is 44.1 Å². The number of anilines is 1. The first kappa shape index (κ1) is 20.2. The Morgan fingerprint density at radius 1 is 1.00 bits per heavy atom. The second kappa shape index (κ2) is 8.40. The Balaban J connectivity index is 1.64. The predicted octanol–water partition coefficient (Wildman–Crippen LogP) is 5.93. The van der Waals surface area contributed by atoms with E-state index in [0.717, 1.165) is 42.6 Å². The molecule has 0 amide bonds. The number of aliphatic carboxylic acids is 1. The number of hydrogen-bond donors (Lipinski definition) is 2. The third-order valence-electron chi connectivity index (χ3n) is 5.61. The van der Waals surface area contributed by atoms with Crippen LogP contribution in [-0.2, 0) is 11.2 Å². The summed E-state index contributed by atoms with van der Waals surface area (Å²) in [6.45, 7) is 2.08. The average molecular weight is 440 g/mol. The molecule has 0 aliphatic heterocycles. The van der Waals surface area contributed by atoms with E-state index in [1.165, 1.54) is 6.33 Å². The van der Waals surface area contributed by atoms with Crippen LogP contribution < -0.4 is 5.32 Å². The quantitative estimate of drug-likeness (QED) is 0.343. The van der Waals surface area contributed by atoms with E-state index in [1.807, 2.05) is 48.5 Å². The number of aryl methyl sites for hydroxylation is 1. The van der Waals surface area contributed by atoms with E-state index in [4.69, 9.17) is 0 Å². The summed E-state index contributed by atoms with van der Waals surface area (Å²) < 4.78 is 0. The molecule has 0 radical (unpaired) electrons. The number of carboxylic acid groups (broad SMARTS) is 1. The summed E-state index contributed by atoms with van der Waals surface area (Å²) in [4.78, 5) is 23.0. The Labute approximate surface area is 189 Å². The highest BCUT2D eigenvalue weighted by Crippen LogP contribution is 2.42. The second-order valence-corrected chi connectivity index (χ2v) is 8.89. The van der Waals surface area contributed by atoms with Gasteiger partial charge < -0.3 is 10.4 Å². The molecule has 0 saturated carbocycles. The van der Waals surface area contributed by atoms with Crippen molar-refractivity contribution in [1.29, 1.82) is 0 Å². The molecule has 0 bridgehead atoms. The first-order valence-electron chi connectivity index (χ1n) is 10.4. The van der Waals surface area contributed by atoms with Gasteiger partial charge in [-0.05, 0) is 28.8 Å². The zero-order chi connectivity index (χ0) is 22.1. The Kier molecular flexibility index (Phi) is 5.29. The number of carbonyl (C=O) groups is 1. The van der Waals surface area contributed by atoms with E-state index in [1.54, 1.807) is 11.3 Å². The van der Waals surface area contributed by atoms with Crippen molar-refractivity contribution < 1.29 is 9.90 Å². The molecule has 5 rings (SSSR count). The maximum atomic E-state index is 12.1. The third-order valence-corrected chi connectivity index (χ3v) is 6.63. The van der Waals surface area contributed by atoms with E-state index in [9.17, 15) is 9.90 Å². The third kappa shape index (κ3) is 3.69. The van der Waals surface area contributed by atoms with Gasteiger partial charge in [-0.3, -0.25) is 0 Å². The standard InChI is InChI=1S/C26H21N3O2S/c1-16-22(20-13-7-11-18-10-5-6-12-19(18)20)23-24(27-15-28-25(23)32-16)29-21(26(30)31)14-17-8-3-2-4-9-17/h2-13,15,21H,14H2,1H3,(H,30,31)(H,27,28,29)/t21-/m1/s1.